The van der Waals surface area contributed by atoms with Crippen LogP contribution in [0.1, 0.15) is 51.5 Å². The fourth-order valence-electron chi connectivity index (χ4n) is 5.63. The number of aliphatic carboxylic acids is 1. The van der Waals surface area contributed by atoms with Crippen molar-refractivity contribution in [3.63, 3.8) is 0 Å². The van der Waals surface area contributed by atoms with Gasteiger partial charge in [0.15, 0.2) is 5.88 Å². The Morgan fingerprint density at radius 2 is 1.82 bits per heavy atom. The number of carboxylic acids is 1. The van der Waals surface area contributed by atoms with Crippen molar-refractivity contribution in [2.45, 2.75) is 52.1 Å². The molecule has 0 unspecified atom stereocenters. The van der Waals surface area contributed by atoms with Gasteiger partial charge in [-0.15, -0.1) is 0 Å². The first-order valence-corrected chi connectivity index (χ1v) is 13.8. The summed E-state index contributed by atoms with van der Waals surface area (Å²) in [6.07, 6.45) is 6.08. The van der Waals surface area contributed by atoms with Gasteiger partial charge in [0.2, 0.25) is 5.91 Å². The summed E-state index contributed by atoms with van der Waals surface area (Å²) in [5, 5.41) is 19.1. The molecule has 0 radical (unpaired) electrons. The Kier molecular flexibility index (Phi) is 7.69. The Labute approximate surface area is 232 Å². The minimum absolute atomic E-state index is 0.0318. The molecule has 8 nitrogen and oxygen atoms in total. The number of halogens is 1. The van der Waals surface area contributed by atoms with Crippen LogP contribution >= 0.6 is 11.6 Å². The highest BCUT2D eigenvalue weighted by Gasteiger charge is 2.39. The number of nitrogens with one attached hydrogen (secondary N) is 1. The lowest BCUT2D eigenvalue weighted by atomic mass is 9.70. The molecule has 2 aromatic heterocycles. The molecule has 1 aliphatic heterocycles. The molecule has 1 amide bonds. The van der Waals surface area contributed by atoms with Crippen LogP contribution in [0.4, 0.5) is 0 Å². The summed E-state index contributed by atoms with van der Waals surface area (Å²) < 4.78 is 6.23. The number of aliphatic hydroxyl groups excluding tert-OH is 1. The molecule has 1 fully saturated rings. The smallest absolute Gasteiger partial charge is 0.309 e. The third kappa shape index (κ3) is 5.68. The first kappa shape index (κ1) is 27.2. The van der Waals surface area contributed by atoms with E-state index in [1.54, 1.807) is 4.90 Å². The van der Waals surface area contributed by atoms with Crippen molar-refractivity contribution in [2.24, 2.45) is 11.3 Å². The number of hydrogen-bond acceptors (Lipinski definition) is 5. The minimum Gasteiger partial charge on any atom is -0.481 e. The molecule has 206 valence electrons. The number of carbonyl (C=O) groups is 2. The van der Waals surface area contributed by atoms with Crippen LogP contribution in [0.25, 0.3) is 27.9 Å². The largest absolute Gasteiger partial charge is 0.481 e. The molecule has 1 saturated carbocycles. The van der Waals surface area contributed by atoms with Crippen LogP contribution in [0, 0.1) is 11.3 Å². The summed E-state index contributed by atoms with van der Waals surface area (Å²) in [4.78, 5) is 33.0. The van der Waals surface area contributed by atoms with Crippen LogP contribution in [-0.2, 0) is 9.59 Å². The van der Waals surface area contributed by atoms with Gasteiger partial charge in [-0.1, -0.05) is 41.9 Å². The van der Waals surface area contributed by atoms with Crippen molar-refractivity contribution in [1.82, 2.24) is 14.9 Å². The topological polar surface area (TPSA) is 116 Å². The SMILES string of the molecule is CC(C)(C(=O)O)C1CCC(Oc2cc3nc(-c4ccc(C5=CCN(C(=O)CO)CC5)cc4)c(Cl)cc3[nH]2)CC1. The van der Waals surface area contributed by atoms with Crippen LogP contribution < -0.4 is 4.74 Å². The second-order valence-corrected chi connectivity index (χ2v) is 11.5. The van der Waals surface area contributed by atoms with E-state index >= 15 is 0 Å². The van der Waals surface area contributed by atoms with Crippen LogP contribution in [0.15, 0.2) is 42.5 Å². The van der Waals surface area contributed by atoms with E-state index in [0.717, 1.165) is 54.3 Å². The maximum absolute atomic E-state index is 11.7. The van der Waals surface area contributed by atoms with Gasteiger partial charge in [0, 0.05) is 24.7 Å². The average Bonchev–Trinajstić information content (AvgIpc) is 3.33. The summed E-state index contributed by atoms with van der Waals surface area (Å²) in [6.45, 7) is 4.25. The van der Waals surface area contributed by atoms with E-state index in [9.17, 15) is 14.7 Å². The van der Waals surface area contributed by atoms with Crippen molar-refractivity contribution in [1.29, 1.82) is 0 Å². The number of carboxylic acid groups (broad SMARTS) is 1. The van der Waals surface area contributed by atoms with Crippen molar-refractivity contribution >= 4 is 40.1 Å². The molecular formula is C30H34ClN3O5. The van der Waals surface area contributed by atoms with Crippen LogP contribution in [0.5, 0.6) is 5.88 Å². The summed E-state index contributed by atoms with van der Waals surface area (Å²) in [6, 6.07) is 11.8. The molecule has 3 heterocycles. The Balaban J connectivity index is 1.26. The van der Waals surface area contributed by atoms with Gasteiger partial charge in [-0.05, 0) is 69.1 Å². The fourth-order valence-corrected chi connectivity index (χ4v) is 5.89. The van der Waals surface area contributed by atoms with Gasteiger partial charge in [-0.3, -0.25) is 9.59 Å². The summed E-state index contributed by atoms with van der Waals surface area (Å²) in [5.41, 5.74) is 4.69. The quantitative estimate of drug-likeness (QED) is 0.355. The highest BCUT2D eigenvalue weighted by molar-refractivity contribution is 6.33. The number of aliphatic hydroxyl groups is 1. The molecule has 0 bridgehead atoms. The van der Waals surface area contributed by atoms with Crippen molar-refractivity contribution in [3.05, 3.63) is 53.1 Å². The normalized spacial score (nSPS) is 20.1. The lowest BCUT2D eigenvalue weighted by Gasteiger charge is -2.36. The Hall–Kier alpha value is -3.36. The molecule has 9 heteroatoms. The third-order valence-electron chi connectivity index (χ3n) is 8.30. The van der Waals surface area contributed by atoms with E-state index in [-0.39, 0.29) is 17.9 Å². The molecule has 1 aromatic carbocycles. The van der Waals surface area contributed by atoms with E-state index < -0.39 is 18.0 Å². The van der Waals surface area contributed by atoms with Gasteiger partial charge in [0.05, 0.1) is 27.2 Å². The first-order valence-electron chi connectivity index (χ1n) is 13.4. The predicted molar refractivity (Wildman–Crippen MR) is 151 cm³/mol. The van der Waals surface area contributed by atoms with Gasteiger partial charge >= 0.3 is 5.97 Å². The number of aromatic amines is 1. The standard InChI is InChI=1S/C30H34ClN3O5/c1-30(2,29(37)38)21-7-9-22(10-8-21)39-26-16-25-24(32-26)15-23(31)28(33-25)20-5-3-18(4-6-20)19-11-13-34(14-12-19)27(36)17-35/h3-6,11,15-16,21-22,32,35H,7-10,12-14,17H2,1-2H3,(H,37,38). The Morgan fingerprint density at radius 3 is 2.44 bits per heavy atom. The number of carbonyl (C=O) groups excluding carboxylic acids is 1. The lowest BCUT2D eigenvalue weighted by molar-refractivity contribution is -0.151. The number of pyridine rings is 1. The number of benzene rings is 1. The number of amides is 1. The van der Waals surface area contributed by atoms with Gasteiger partial charge < -0.3 is 24.8 Å². The second-order valence-electron chi connectivity index (χ2n) is 11.1. The van der Waals surface area contributed by atoms with E-state index in [0.29, 0.717) is 29.7 Å². The van der Waals surface area contributed by atoms with Crippen molar-refractivity contribution in [2.75, 3.05) is 19.7 Å². The second kappa shape index (κ2) is 11.0. The Bertz CT molecular complexity index is 1400. The average molecular weight is 552 g/mol. The summed E-state index contributed by atoms with van der Waals surface area (Å²) in [7, 11) is 0. The van der Waals surface area contributed by atoms with Gasteiger partial charge in [-0.2, -0.15) is 0 Å². The zero-order valence-corrected chi connectivity index (χ0v) is 23.0. The maximum atomic E-state index is 11.7. The van der Waals surface area contributed by atoms with Crippen LogP contribution in [0.3, 0.4) is 0 Å². The number of ether oxygens (including phenoxy) is 1. The first-order chi connectivity index (χ1) is 18.7. The van der Waals surface area contributed by atoms with Crippen molar-refractivity contribution < 1.29 is 24.5 Å². The Morgan fingerprint density at radius 1 is 1.13 bits per heavy atom. The zero-order chi connectivity index (χ0) is 27.7. The van der Waals surface area contributed by atoms with Gasteiger partial charge in [0.25, 0.3) is 0 Å². The number of H-pyrrole nitrogens is 1. The molecule has 0 saturated heterocycles. The van der Waals surface area contributed by atoms with E-state index in [1.165, 1.54) is 5.57 Å². The van der Waals surface area contributed by atoms with Crippen LogP contribution in [-0.4, -0.2) is 62.8 Å². The lowest BCUT2D eigenvalue weighted by Crippen LogP contribution is -2.37. The molecule has 3 aromatic rings. The third-order valence-corrected chi connectivity index (χ3v) is 8.59. The predicted octanol–water partition coefficient (Wildman–Crippen LogP) is 5.54. The number of hydrogen-bond donors (Lipinski definition) is 3. The molecule has 39 heavy (non-hydrogen) atoms. The molecule has 1 aliphatic carbocycles. The minimum atomic E-state index is -0.745. The monoisotopic (exact) mass is 551 g/mol. The number of rotatable bonds is 7. The number of nitrogens with zero attached hydrogens (tertiary/aromatic N) is 2. The van der Waals surface area contributed by atoms with Gasteiger partial charge in [-0.25, -0.2) is 4.98 Å². The van der Waals surface area contributed by atoms with Gasteiger partial charge in [0.1, 0.15) is 12.7 Å². The van der Waals surface area contributed by atoms with Crippen LogP contribution in [0.2, 0.25) is 5.02 Å². The molecular weight excluding hydrogens is 518 g/mol. The fraction of sp³-hybridized carbons (Fsp3) is 0.433. The molecule has 5 rings (SSSR count). The van der Waals surface area contributed by atoms with E-state index in [1.807, 2.05) is 56.3 Å². The summed E-state index contributed by atoms with van der Waals surface area (Å²) >= 11 is 6.63. The molecule has 0 atom stereocenters. The number of aromatic nitrogens is 2. The molecule has 0 spiro atoms. The molecule has 3 N–H and O–H groups in total. The number of fused-ring (bicyclic) bond motifs is 1. The molecule has 2 aliphatic rings. The van der Waals surface area contributed by atoms with Crippen molar-refractivity contribution in [3.8, 4) is 17.1 Å². The zero-order valence-electron chi connectivity index (χ0n) is 22.2. The maximum Gasteiger partial charge on any atom is 0.309 e. The van der Waals surface area contributed by atoms with E-state index in [2.05, 4.69) is 4.98 Å². The summed E-state index contributed by atoms with van der Waals surface area (Å²) in [5.74, 6) is -0.209. The highest BCUT2D eigenvalue weighted by atomic mass is 35.5. The highest BCUT2D eigenvalue weighted by Crippen LogP contribution is 2.40. The van der Waals surface area contributed by atoms with E-state index in [4.69, 9.17) is 26.4 Å².